The van der Waals surface area contributed by atoms with Gasteiger partial charge in [0.25, 0.3) is 0 Å². The van der Waals surface area contributed by atoms with E-state index in [0.29, 0.717) is 17.8 Å². The van der Waals surface area contributed by atoms with Gasteiger partial charge in [-0.2, -0.15) is 4.39 Å². The van der Waals surface area contributed by atoms with Crippen molar-refractivity contribution in [2.75, 3.05) is 25.0 Å². The SMILES string of the molecule is Cc1c(N(C)C2CCN(Cc3ccccc3F)CC2)cnc(S(=O)(=O)Cc2cccc(F)n2)c1F. The number of anilines is 1. The van der Waals surface area contributed by atoms with Crippen molar-refractivity contribution in [3.05, 3.63) is 83.1 Å². The molecule has 0 spiro atoms. The van der Waals surface area contributed by atoms with Gasteiger partial charge in [-0.05, 0) is 38.0 Å². The van der Waals surface area contributed by atoms with Crippen molar-refractivity contribution >= 4 is 15.5 Å². The highest BCUT2D eigenvalue weighted by atomic mass is 32.2. The van der Waals surface area contributed by atoms with Crippen LogP contribution in [-0.2, 0) is 22.1 Å². The lowest BCUT2D eigenvalue weighted by Gasteiger charge is -2.38. The molecule has 3 aromatic rings. The molecule has 35 heavy (non-hydrogen) atoms. The minimum Gasteiger partial charge on any atom is -0.370 e. The van der Waals surface area contributed by atoms with Gasteiger partial charge in [-0.3, -0.25) is 4.90 Å². The van der Waals surface area contributed by atoms with Crippen LogP contribution in [0.25, 0.3) is 0 Å². The number of likely N-dealkylation sites (tertiary alicyclic amines) is 1. The molecule has 0 amide bonds. The Bertz CT molecular complexity index is 1310. The second-order valence-corrected chi connectivity index (χ2v) is 10.7. The Kier molecular flexibility index (Phi) is 7.42. The number of sulfone groups is 1. The molecule has 0 N–H and O–H groups in total. The highest BCUT2D eigenvalue weighted by molar-refractivity contribution is 7.90. The largest absolute Gasteiger partial charge is 0.370 e. The first-order valence-corrected chi connectivity index (χ1v) is 13.0. The second kappa shape index (κ2) is 10.3. The van der Waals surface area contributed by atoms with E-state index in [1.807, 2.05) is 18.0 Å². The van der Waals surface area contributed by atoms with Gasteiger partial charge in [0.05, 0.1) is 23.3 Å². The van der Waals surface area contributed by atoms with Crippen molar-refractivity contribution in [1.82, 2.24) is 14.9 Å². The summed E-state index contributed by atoms with van der Waals surface area (Å²) in [6.07, 6.45) is 2.95. The maximum absolute atomic E-state index is 15.2. The first kappa shape index (κ1) is 25.1. The molecule has 1 aliphatic heterocycles. The molecule has 2 aromatic heterocycles. The molecular weight excluding hydrogens is 477 g/mol. The number of hydrogen-bond donors (Lipinski definition) is 0. The van der Waals surface area contributed by atoms with Crippen molar-refractivity contribution in [2.45, 2.75) is 43.1 Å². The number of nitrogens with zero attached hydrogens (tertiary/aromatic N) is 4. The van der Waals surface area contributed by atoms with Crippen molar-refractivity contribution in [3.8, 4) is 0 Å². The van der Waals surface area contributed by atoms with E-state index in [0.717, 1.165) is 32.0 Å². The summed E-state index contributed by atoms with van der Waals surface area (Å²) >= 11 is 0. The van der Waals surface area contributed by atoms with E-state index in [4.69, 9.17) is 0 Å². The van der Waals surface area contributed by atoms with Gasteiger partial charge in [0.2, 0.25) is 15.8 Å². The summed E-state index contributed by atoms with van der Waals surface area (Å²) in [5.41, 5.74) is 1.33. The predicted molar refractivity (Wildman–Crippen MR) is 127 cm³/mol. The maximum atomic E-state index is 15.2. The van der Waals surface area contributed by atoms with Crippen LogP contribution < -0.4 is 4.90 Å². The lowest BCUT2D eigenvalue weighted by atomic mass is 10.0. The van der Waals surface area contributed by atoms with E-state index in [-0.39, 0.29) is 23.1 Å². The normalized spacial score (nSPS) is 15.3. The first-order chi connectivity index (χ1) is 16.7. The summed E-state index contributed by atoms with van der Waals surface area (Å²) < 4.78 is 68.0. The fraction of sp³-hybridized carbons (Fsp3) is 0.360. The molecule has 1 fully saturated rings. The number of halogens is 3. The smallest absolute Gasteiger partial charge is 0.213 e. The van der Waals surface area contributed by atoms with E-state index in [1.165, 1.54) is 31.3 Å². The van der Waals surface area contributed by atoms with Crippen LogP contribution in [0.5, 0.6) is 0 Å². The van der Waals surface area contributed by atoms with Gasteiger partial charge in [0.1, 0.15) is 5.82 Å². The monoisotopic (exact) mass is 504 g/mol. The first-order valence-electron chi connectivity index (χ1n) is 11.3. The van der Waals surface area contributed by atoms with Gasteiger partial charge in [0, 0.05) is 43.9 Å². The van der Waals surface area contributed by atoms with Gasteiger partial charge >= 0.3 is 0 Å². The summed E-state index contributed by atoms with van der Waals surface area (Å²) in [7, 11) is -2.32. The zero-order valence-corrected chi connectivity index (χ0v) is 20.4. The van der Waals surface area contributed by atoms with Crippen LogP contribution in [0.4, 0.5) is 18.9 Å². The van der Waals surface area contributed by atoms with Crippen LogP contribution in [0.3, 0.4) is 0 Å². The number of benzene rings is 1. The molecule has 186 valence electrons. The van der Waals surface area contributed by atoms with E-state index in [1.54, 1.807) is 12.1 Å². The molecule has 1 aromatic carbocycles. The lowest BCUT2D eigenvalue weighted by molar-refractivity contribution is 0.201. The van der Waals surface area contributed by atoms with E-state index >= 15 is 4.39 Å². The van der Waals surface area contributed by atoms with Crippen molar-refractivity contribution in [3.63, 3.8) is 0 Å². The Morgan fingerprint density at radius 1 is 1.06 bits per heavy atom. The maximum Gasteiger partial charge on any atom is 0.213 e. The molecule has 1 aliphatic rings. The molecule has 6 nitrogen and oxygen atoms in total. The summed E-state index contributed by atoms with van der Waals surface area (Å²) in [4.78, 5) is 11.6. The van der Waals surface area contributed by atoms with Gasteiger partial charge < -0.3 is 4.90 Å². The number of piperidine rings is 1. The van der Waals surface area contributed by atoms with Crippen molar-refractivity contribution < 1.29 is 21.6 Å². The number of pyridine rings is 2. The van der Waals surface area contributed by atoms with E-state index < -0.39 is 32.4 Å². The van der Waals surface area contributed by atoms with Crippen LogP contribution in [0.2, 0.25) is 0 Å². The molecular formula is C25H27F3N4O2S. The molecule has 0 bridgehead atoms. The average Bonchev–Trinajstić information content (AvgIpc) is 2.82. The minimum absolute atomic E-state index is 0.0211. The highest BCUT2D eigenvalue weighted by Gasteiger charge is 2.29. The Morgan fingerprint density at radius 2 is 1.77 bits per heavy atom. The van der Waals surface area contributed by atoms with Gasteiger partial charge in [-0.1, -0.05) is 24.3 Å². The van der Waals surface area contributed by atoms with Crippen molar-refractivity contribution in [1.29, 1.82) is 0 Å². The minimum atomic E-state index is -4.16. The summed E-state index contributed by atoms with van der Waals surface area (Å²) in [6, 6.07) is 10.7. The van der Waals surface area contributed by atoms with Gasteiger partial charge in [-0.15, -0.1) is 0 Å². The third-order valence-electron chi connectivity index (χ3n) is 6.45. The lowest BCUT2D eigenvalue weighted by Crippen LogP contribution is -2.43. The fourth-order valence-electron chi connectivity index (χ4n) is 4.44. The summed E-state index contributed by atoms with van der Waals surface area (Å²) in [6.45, 7) is 3.57. The van der Waals surface area contributed by atoms with Crippen LogP contribution in [0.15, 0.2) is 53.7 Å². The predicted octanol–water partition coefficient (Wildman–Crippen LogP) is 4.28. The highest BCUT2D eigenvalue weighted by Crippen LogP contribution is 2.30. The molecule has 10 heteroatoms. The summed E-state index contributed by atoms with van der Waals surface area (Å²) in [5, 5.41) is -0.669. The number of hydrogen-bond acceptors (Lipinski definition) is 6. The van der Waals surface area contributed by atoms with Gasteiger partial charge in [0.15, 0.2) is 10.8 Å². The third-order valence-corrected chi connectivity index (χ3v) is 8.00. The Labute approximate surface area is 203 Å². The quantitative estimate of drug-likeness (QED) is 0.448. The second-order valence-electron chi connectivity index (χ2n) is 8.81. The zero-order valence-electron chi connectivity index (χ0n) is 19.6. The molecule has 0 aliphatic carbocycles. The van der Waals surface area contributed by atoms with Crippen LogP contribution in [0, 0.1) is 24.5 Å². The third kappa shape index (κ3) is 5.65. The Hall–Kier alpha value is -2.98. The number of rotatable bonds is 7. The Balaban J connectivity index is 1.45. The zero-order chi connectivity index (χ0) is 25.2. The van der Waals surface area contributed by atoms with E-state index in [9.17, 15) is 17.2 Å². The van der Waals surface area contributed by atoms with Gasteiger partial charge in [-0.25, -0.2) is 27.2 Å². The summed E-state index contributed by atoms with van der Waals surface area (Å²) in [5.74, 6) is -2.59. The van der Waals surface area contributed by atoms with Crippen LogP contribution in [0.1, 0.15) is 29.7 Å². The van der Waals surface area contributed by atoms with E-state index in [2.05, 4.69) is 14.9 Å². The molecule has 3 heterocycles. The number of aromatic nitrogens is 2. The molecule has 0 unspecified atom stereocenters. The standard InChI is InChI=1S/C25H27F3N4O2S/c1-17-22(14-29-25(24(17)28)35(33,34)16-19-7-5-9-23(27)30-19)31(2)20-10-12-32(13-11-20)15-18-6-3-4-8-21(18)26/h3-9,14,20H,10-13,15-16H2,1-2H3. The molecule has 0 radical (unpaired) electrons. The van der Waals surface area contributed by atoms with Crippen LogP contribution in [-0.4, -0.2) is 49.5 Å². The molecule has 4 rings (SSSR count). The molecule has 0 saturated carbocycles. The van der Waals surface area contributed by atoms with Crippen LogP contribution >= 0.6 is 0 Å². The van der Waals surface area contributed by atoms with Crippen molar-refractivity contribution in [2.24, 2.45) is 0 Å². The molecule has 1 saturated heterocycles. The average molecular weight is 505 g/mol. The topological polar surface area (TPSA) is 66.4 Å². The Morgan fingerprint density at radius 3 is 2.46 bits per heavy atom. The molecule has 0 atom stereocenters. The fourth-order valence-corrected chi connectivity index (χ4v) is 5.77.